The molecular weight excluding hydrogens is 577 g/mol. The summed E-state index contributed by atoms with van der Waals surface area (Å²) >= 11 is -10.7. The Bertz CT molecular complexity index is 555. The average molecular weight is 577 g/mol. The normalized spacial score (nSPS) is 16.5. The van der Waals surface area contributed by atoms with Gasteiger partial charge in [-0.25, -0.2) is 0 Å². The zero-order valence-corrected chi connectivity index (χ0v) is 15.4. The molecular formula is C9F21Ga. The maximum absolute atomic E-state index is 13.4. The molecule has 0 aliphatic carbocycles. The molecule has 0 saturated carbocycles. The number of rotatable bonds is 6. The molecule has 22 heteroatoms. The maximum atomic E-state index is 13.4. The van der Waals surface area contributed by atoms with Crippen molar-refractivity contribution in [1.29, 1.82) is 0 Å². The molecule has 0 atom stereocenters. The summed E-state index contributed by atoms with van der Waals surface area (Å²) in [5, 5.41) is 0. The molecule has 0 nitrogen and oxygen atoms in total. The van der Waals surface area contributed by atoms with Crippen molar-refractivity contribution in [2.24, 2.45) is 0 Å². The van der Waals surface area contributed by atoms with E-state index in [1.165, 1.54) is 0 Å². The topological polar surface area (TPSA) is 0 Å². The molecule has 0 rings (SSSR count). The number of halogens is 21. The molecule has 0 amide bonds. The van der Waals surface area contributed by atoms with Crippen molar-refractivity contribution >= 4 is 16.2 Å². The fraction of sp³-hybridized carbons (Fsp3) is 1.00. The third kappa shape index (κ3) is 4.25. The first-order valence-electron chi connectivity index (χ1n) is 6.33. The number of alkyl halides is 21. The van der Waals surface area contributed by atoms with Crippen LogP contribution in [0, 0.1) is 0 Å². The van der Waals surface area contributed by atoms with Crippen LogP contribution in [0.15, 0.2) is 0 Å². The van der Waals surface area contributed by atoms with Gasteiger partial charge in [-0.05, 0) is 0 Å². The third-order valence-electron chi connectivity index (χ3n) is 3.41. The molecule has 0 fully saturated rings. The Morgan fingerprint density at radius 3 is 0.484 bits per heavy atom. The molecule has 0 heterocycles. The fourth-order valence-corrected chi connectivity index (χ4v) is 7.97. The van der Waals surface area contributed by atoms with E-state index in [1.54, 1.807) is 0 Å². The standard InChI is InChI=1S/3C3F7.Ga/c3*4-1(5)2(6,7)3(8,9)10;. The first-order chi connectivity index (χ1) is 12.9. The molecule has 0 saturated heterocycles. The molecule has 0 bridgehead atoms. The Morgan fingerprint density at radius 2 is 0.387 bits per heavy atom. The van der Waals surface area contributed by atoms with Gasteiger partial charge in [0, 0.05) is 0 Å². The van der Waals surface area contributed by atoms with E-state index < -0.39 is 65.9 Å². The fourth-order valence-electron chi connectivity index (χ4n) is 1.79. The van der Waals surface area contributed by atoms with E-state index >= 15 is 0 Å². The van der Waals surface area contributed by atoms with Gasteiger partial charge in [-0.1, -0.05) is 0 Å². The van der Waals surface area contributed by atoms with Gasteiger partial charge in [0.05, 0.1) is 0 Å². The first kappa shape index (κ1) is 30.2. The van der Waals surface area contributed by atoms with Gasteiger partial charge in [0.25, 0.3) is 0 Å². The van der Waals surface area contributed by atoms with Crippen LogP contribution < -0.4 is 0 Å². The van der Waals surface area contributed by atoms with Gasteiger partial charge in [-0.2, -0.15) is 0 Å². The molecule has 0 spiro atoms. The Kier molecular flexibility index (Phi) is 7.14. The summed E-state index contributed by atoms with van der Waals surface area (Å²) in [5.74, 6) is -25.4. The second-order valence-corrected chi connectivity index (χ2v) is 11.9. The second-order valence-electron chi connectivity index (χ2n) is 5.52. The minimum absolute atomic E-state index is 8.05. The van der Waals surface area contributed by atoms with Gasteiger partial charge in [0.1, 0.15) is 0 Å². The molecule has 0 N–H and O–H groups in total. The predicted molar refractivity (Wildman–Crippen MR) is 53.6 cm³/mol. The summed E-state index contributed by atoms with van der Waals surface area (Å²) in [4.78, 5) is 0. The van der Waals surface area contributed by atoms with Crippen LogP contribution in [-0.2, 0) is 0 Å². The molecule has 0 unspecified atom stereocenters. The van der Waals surface area contributed by atoms with Crippen LogP contribution in [0.25, 0.3) is 0 Å². The zero-order chi connectivity index (χ0) is 26.1. The number of hydrogen-bond donors (Lipinski definition) is 0. The van der Waals surface area contributed by atoms with Crippen molar-refractivity contribution in [2.75, 3.05) is 0 Å². The van der Waals surface area contributed by atoms with E-state index in [-0.39, 0.29) is 0 Å². The summed E-state index contributed by atoms with van der Waals surface area (Å²) < 4.78 is 240. The zero-order valence-electron chi connectivity index (χ0n) is 13.0. The molecule has 31 heavy (non-hydrogen) atoms. The Morgan fingerprint density at radius 1 is 0.258 bits per heavy atom. The van der Waals surface area contributed by atoms with Gasteiger partial charge < -0.3 is 0 Å². The monoisotopic (exact) mass is 576 g/mol. The summed E-state index contributed by atoms with van der Waals surface area (Å²) in [6.45, 7) is 0. The minimum atomic E-state index is -10.7. The van der Waals surface area contributed by atoms with Crippen molar-refractivity contribution in [3.63, 3.8) is 0 Å². The van der Waals surface area contributed by atoms with Crippen molar-refractivity contribution in [1.82, 2.24) is 0 Å². The van der Waals surface area contributed by atoms with Crippen LogP contribution in [0.2, 0.25) is 0 Å². The van der Waals surface area contributed by atoms with Gasteiger partial charge in [0.2, 0.25) is 0 Å². The molecule has 0 aliphatic heterocycles. The van der Waals surface area contributed by atoms with Gasteiger partial charge >= 0.3 is 158 Å². The van der Waals surface area contributed by atoms with Gasteiger partial charge in [-0.15, -0.1) is 0 Å². The van der Waals surface area contributed by atoms with Crippen LogP contribution >= 0.6 is 0 Å². The molecule has 0 aliphatic rings. The summed E-state index contributed by atoms with van der Waals surface area (Å²) in [6, 6.07) is 0. The first-order valence-corrected chi connectivity index (χ1v) is 9.97. The van der Waals surface area contributed by atoms with Gasteiger partial charge in [0.15, 0.2) is 0 Å². The van der Waals surface area contributed by atoms with E-state index in [0.717, 1.165) is 0 Å². The van der Waals surface area contributed by atoms with Crippen molar-refractivity contribution in [3.05, 3.63) is 0 Å². The molecule has 0 aromatic heterocycles. The van der Waals surface area contributed by atoms with E-state index in [9.17, 15) is 92.2 Å². The molecule has 0 aromatic rings. The van der Waals surface area contributed by atoms with Crippen LogP contribution in [0.3, 0.4) is 0 Å². The predicted octanol–water partition coefficient (Wildman–Crippen LogP) is 6.60. The Hall–Kier alpha value is -0.834. The van der Waals surface area contributed by atoms with Crippen LogP contribution in [0.5, 0.6) is 0 Å². The van der Waals surface area contributed by atoms with E-state index in [2.05, 4.69) is 0 Å². The molecule has 186 valence electrons. The average Bonchev–Trinajstić information content (AvgIpc) is 2.41. The van der Waals surface area contributed by atoms with Crippen molar-refractivity contribution in [3.8, 4) is 0 Å². The quantitative estimate of drug-likeness (QED) is 0.247. The molecule has 0 radical (unpaired) electrons. The van der Waals surface area contributed by atoms with Crippen LogP contribution in [0.4, 0.5) is 92.2 Å². The second kappa shape index (κ2) is 7.33. The van der Waals surface area contributed by atoms with Crippen LogP contribution in [0.1, 0.15) is 0 Å². The van der Waals surface area contributed by atoms with E-state index in [1.807, 2.05) is 0 Å². The van der Waals surface area contributed by atoms with E-state index in [0.29, 0.717) is 0 Å². The third-order valence-corrected chi connectivity index (χ3v) is 10.3. The molecule has 0 aromatic carbocycles. The summed E-state index contributed by atoms with van der Waals surface area (Å²) in [5.41, 5.74) is 0. The summed E-state index contributed by atoms with van der Waals surface area (Å²) in [6.07, 6.45) is -24.1. The van der Waals surface area contributed by atoms with Crippen molar-refractivity contribution in [2.45, 2.75) is 49.7 Å². The Balaban J connectivity index is 7.52. The van der Waals surface area contributed by atoms with Gasteiger partial charge in [-0.3, -0.25) is 0 Å². The number of hydrogen-bond acceptors (Lipinski definition) is 0. The SMILES string of the molecule is FC(F)(F)C(F)(F)[C](F)(F)[Ga]([C](F)(F)C(F)(F)C(F)(F)F)[C](F)(F)C(F)(F)C(F)(F)F. The van der Waals surface area contributed by atoms with Crippen LogP contribution in [-0.4, -0.2) is 65.9 Å². The van der Waals surface area contributed by atoms with E-state index in [4.69, 9.17) is 0 Å². The Labute approximate surface area is 159 Å². The summed E-state index contributed by atoms with van der Waals surface area (Å²) in [7, 11) is 0. The van der Waals surface area contributed by atoms with Crippen molar-refractivity contribution < 1.29 is 92.2 Å².